The lowest BCUT2D eigenvalue weighted by molar-refractivity contribution is -0.130. The van der Waals surface area contributed by atoms with Crippen LogP contribution in [0.15, 0.2) is 0 Å². The summed E-state index contributed by atoms with van der Waals surface area (Å²) in [4.78, 5) is 9.75. The van der Waals surface area contributed by atoms with E-state index in [9.17, 15) is 13.6 Å². The number of rotatable bonds is 2. The summed E-state index contributed by atoms with van der Waals surface area (Å²) in [6.45, 7) is -0.683. The van der Waals surface area contributed by atoms with Gasteiger partial charge in [0.2, 0.25) is 5.67 Å². The van der Waals surface area contributed by atoms with E-state index in [0.29, 0.717) is 0 Å². The van der Waals surface area contributed by atoms with Crippen LogP contribution in [0, 0.1) is 0 Å². The van der Waals surface area contributed by atoms with Gasteiger partial charge in [0, 0.05) is 0 Å². The molecule has 0 unspecified atom stereocenters. The molecule has 0 aromatic carbocycles. The Kier molecular flexibility index (Phi) is 1.89. The molecular weight excluding hydrogens is 116 g/mol. The summed E-state index contributed by atoms with van der Waals surface area (Å²) >= 11 is 0. The smallest absolute Gasteiger partial charge is 0.269 e. The van der Waals surface area contributed by atoms with Gasteiger partial charge in [-0.15, -0.1) is 0 Å². The summed E-state index contributed by atoms with van der Waals surface area (Å²) < 4.78 is 23.3. The lowest BCUT2D eigenvalue weighted by atomic mass is 10.1. The molecule has 0 aromatic heterocycles. The van der Waals surface area contributed by atoms with Gasteiger partial charge in [0.05, 0.1) is 0 Å². The monoisotopic (exact) mass is 122 g/mol. The summed E-state index contributed by atoms with van der Waals surface area (Å²) in [5.74, 6) is -1.51. The molecule has 0 saturated heterocycles. The molecule has 0 saturated carbocycles. The van der Waals surface area contributed by atoms with E-state index in [0.717, 1.165) is 6.92 Å². The molecule has 4 heteroatoms. The zero-order valence-electron chi connectivity index (χ0n) is 4.37. The van der Waals surface area contributed by atoms with Gasteiger partial charge >= 0.3 is 0 Å². The highest BCUT2D eigenvalue weighted by molar-refractivity contribution is 5.82. The van der Waals surface area contributed by atoms with Crippen LogP contribution >= 0.6 is 0 Å². The van der Waals surface area contributed by atoms with Gasteiger partial charge in [-0.3, -0.25) is 10.5 Å². The maximum absolute atomic E-state index is 12.0. The van der Waals surface area contributed by atoms with Crippen molar-refractivity contribution >= 4 is 5.91 Å². The average Bonchev–Trinajstić information content (AvgIpc) is 1.67. The fourth-order valence-electron chi connectivity index (χ4n) is 0.0607. The molecule has 2 nitrogen and oxygen atoms in total. The molecular formula is C4H6F2NO. The van der Waals surface area contributed by atoms with E-state index in [1.54, 1.807) is 0 Å². The molecule has 0 aliphatic rings. The molecule has 0 heterocycles. The highest BCUT2D eigenvalue weighted by Crippen LogP contribution is 2.08. The molecule has 0 aromatic rings. The van der Waals surface area contributed by atoms with Gasteiger partial charge in [0.1, 0.15) is 6.67 Å². The Morgan fingerprint density at radius 2 is 2.25 bits per heavy atom. The predicted molar refractivity (Wildman–Crippen MR) is 23.6 cm³/mol. The van der Waals surface area contributed by atoms with E-state index in [-0.39, 0.29) is 0 Å². The van der Waals surface area contributed by atoms with Crippen molar-refractivity contribution in [3.8, 4) is 0 Å². The van der Waals surface area contributed by atoms with E-state index in [1.807, 2.05) is 0 Å². The summed E-state index contributed by atoms with van der Waals surface area (Å²) in [7, 11) is 0. The number of hydrogen-bond acceptors (Lipinski definition) is 1. The summed E-state index contributed by atoms with van der Waals surface area (Å²) in [6.07, 6.45) is 0. The molecule has 8 heavy (non-hydrogen) atoms. The molecule has 47 valence electrons. The minimum Gasteiger partial charge on any atom is -0.269 e. The van der Waals surface area contributed by atoms with Crippen molar-refractivity contribution < 1.29 is 13.6 Å². The van der Waals surface area contributed by atoms with Crippen LogP contribution in [0.5, 0.6) is 0 Å². The lowest BCUT2D eigenvalue weighted by Crippen LogP contribution is -2.33. The maximum Gasteiger partial charge on any atom is 0.278 e. The van der Waals surface area contributed by atoms with Crippen molar-refractivity contribution in [3.63, 3.8) is 0 Å². The fourth-order valence-corrected chi connectivity index (χ4v) is 0.0607. The summed E-state index contributed by atoms with van der Waals surface area (Å²) in [6, 6.07) is 0. The van der Waals surface area contributed by atoms with Gasteiger partial charge in [0.15, 0.2) is 0 Å². The van der Waals surface area contributed by atoms with Crippen molar-refractivity contribution in [1.82, 2.24) is 5.73 Å². The number of nitrogens with one attached hydrogen (secondary N) is 1. The van der Waals surface area contributed by atoms with Crippen molar-refractivity contribution in [3.05, 3.63) is 0 Å². The number of carbonyl (C=O) groups is 1. The largest absolute Gasteiger partial charge is 0.278 e. The fraction of sp³-hybridized carbons (Fsp3) is 0.750. The third-order valence-electron chi connectivity index (χ3n) is 0.724. The van der Waals surface area contributed by atoms with Crippen LogP contribution in [0.2, 0.25) is 0 Å². The van der Waals surface area contributed by atoms with Crippen LogP contribution in [-0.2, 0) is 4.79 Å². The highest BCUT2D eigenvalue weighted by Gasteiger charge is 2.30. The van der Waals surface area contributed by atoms with Crippen molar-refractivity contribution in [2.45, 2.75) is 12.6 Å². The van der Waals surface area contributed by atoms with E-state index < -0.39 is 18.3 Å². The Bertz CT molecular complexity index is 102. The summed E-state index contributed by atoms with van der Waals surface area (Å²) in [5.41, 5.74) is 3.53. The Labute approximate surface area is 45.7 Å². The van der Waals surface area contributed by atoms with Crippen molar-refractivity contribution in [2.24, 2.45) is 0 Å². The minimum atomic E-state index is -2.60. The molecule has 0 aliphatic heterocycles. The van der Waals surface area contributed by atoms with E-state index in [2.05, 4.69) is 0 Å². The maximum atomic E-state index is 12.0. The molecule has 0 bridgehead atoms. The SMILES string of the molecule is C[C@@](F)(CF)C([NH])=O. The second-order valence-corrected chi connectivity index (χ2v) is 1.66. The van der Waals surface area contributed by atoms with E-state index >= 15 is 0 Å². The number of halogens is 2. The Balaban J connectivity index is 3.91. The van der Waals surface area contributed by atoms with Crippen LogP contribution in [0.25, 0.3) is 0 Å². The molecule has 1 radical (unpaired) electrons. The first-order valence-corrected chi connectivity index (χ1v) is 2.01. The number of hydrogen-bond donors (Lipinski definition) is 0. The number of carbonyl (C=O) groups excluding carboxylic acids is 1. The first kappa shape index (κ1) is 7.33. The first-order valence-electron chi connectivity index (χ1n) is 2.01. The van der Waals surface area contributed by atoms with Crippen LogP contribution < -0.4 is 5.73 Å². The van der Waals surface area contributed by atoms with E-state index in [4.69, 9.17) is 5.73 Å². The third kappa shape index (κ3) is 1.44. The van der Waals surface area contributed by atoms with Gasteiger partial charge < -0.3 is 0 Å². The second kappa shape index (κ2) is 2.07. The minimum absolute atomic E-state index is 0.738. The van der Waals surface area contributed by atoms with Crippen LogP contribution in [-0.4, -0.2) is 18.3 Å². The molecule has 0 spiro atoms. The van der Waals surface area contributed by atoms with Crippen LogP contribution in [0.3, 0.4) is 0 Å². The normalized spacial score (nSPS) is 17.4. The molecule has 1 atom stereocenters. The predicted octanol–water partition coefficient (Wildman–Crippen LogP) is 0.494. The standard InChI is InChI=1S/C4H6F2NO/c1-4(6,2-5)3(7)8/h7H,2H2,1H3/t4-/m1/s1. The quantitative estimate of drug-likeness (QED) is 0.525. The van der Waals surface area contributed by atoms with Crippen LogP contribution in [0.1, 0.15) is 6.92 Å². The van der Waals surface area contributed by atoms with Crippen molar-refractivity contribution in [2.75, 3.05) is 6.67 Å². The highest BCUT2D eigenvalue weighted by atomic mass is 19.2. The molecule has 0 fully saturated rings. The van der Waals surface area contributed by atoms with Gasteiger partial charge in [0.25, 0.3) is 5.91 Å². The Morgan fingerprint density at radius 1 is 1.88 bits per heavy atom. The number of alkyl halides is 2. The van der Waals surface area contributed by atoms with Crippen molar-refractivity contribution in [1.29, 1.82) is 0 Å². The Morgan fingerprint density at radius 3 is 2.25 bits per heavy atom. The zero-order valence-corrected chi connectivity index (χ0v) is 4.37. The molecule has 1 N–H and O–H groups in total. The summed E-state index contributed by atoms with van der Waals surface area (Å²) in [5, 5.41) is 0. The van der Waals surface area contributed by atoms with Gasteiger partial charge in [-0.2, -0.15) is 0 Å². The van der Waals surface area contributed by atoms with E-state index in [1.165, 1.54) is 0 Å². The molecule has 0 rings (SSSR count). The molecule has 0 aliphatic carbocycles. The van der Waals surface area contributed by atoms with Gasteiger partial charge in [-0.25, -0.2) is 8.78 Å². The number of amides is 1. The average molecular weight is 122 g/mol. The topological polar surface area (TPSA) is 40.9 Å². The first-order chi connectivity index (χ1) is 3.50. The lowest BCUT2D eigenvalue weighted by Gasteiger charge is -2.07. The Hall–Kier alpha value is -0.670. The molecule has 1 amide bonds. The van der Waals surface area contributed by atoms with Crippen LogP contribution in [0.4, 0.5) is 8.78 Å². The van der Waals surface area contributed by atoms with Gasteiger partial charge in [-0.1, -0.05) is 0 Å². The zero-order chi connectivity index (χ0) is 6.78. The van der Waals surface area contributed by atoms with Gasteiger partial charge in [-0.05, 0) is 6.92 Å². The third-order valence-corrected chi connectivity index (χ3v) is 0.724. The second-order valence-electron chi connectivity index (χ2n) is 1.66.